The topological polar surface area (TPSA) is 82.9 Å². The maximum absolute atomic E-state index is 13.5. The van der Waals surface area contributed by atoms with Gasteiger partial charge in [0.25, 0.3) is 5.56 Å². The molecule has 0 spiro atoms. The fourth-order valence-corrected chi connectivity index (χ4v) is 3.39. The lowest BCUT2D eigenvalue weighted by Crippen LogP contribution is -2.27. The molecule has 0 aliphatic carbocycles. The first-order valence-electron chi connectivity index (χ1n) is 9.60. The van der Waals surface area contributed by atoms with Crippen molar-refractivity contribution in [2.24, 2.45) is 0 Å². The molecular formula is C23H14F2N4O3. The molecule has 0 atom stereocenters. The molecule has 0 aliphatic rings. The second kappa shape index (κ2) is 7.69. The highest BCUT2D eigenvalue weighted by Crippen LogP contribution is 2.17. The summed E-state index contributed by atoms with van der Waals surface area (Å²) in [6.07, 6.45) is 0. The maximum Gasteiger partial charge on any atom is 0.437 e. The van der Waals surface area contributed by atoms with Crippen LogP contribution in [0.5, 0.6) is 0 Å². The zero-order valence-electron chi connectivity index (χ0n) is 16.4. The number of hydrogen-bond donors (Lipinski definition) is 0. The van der Waals surface area contributed by atoms with Gasteiger partial charge >= 0.3 is 5.76 Å². The van der Waals surface area contributed by atoms with E-state index >= 15 is 0 Å². The minimum Gasteiger partial charge on any atom is -0.388 e. The van der Waals surface area contributed by atoms with E-state index in [-0.39, 0.29) is 23.8 Å². The summed E-state index contributed by atoms with van der Waals surface area (Å²) in [4.78, 5) is 30.2. The molecule has 158 valence electrons. The summed E-state index contributed by atoms with van der Waals surface area (Å²) in [5, 5.41) is 4.54. The lowest BCUT2D eigenvalue weighted by Gasteiger charge is -2.13. The average Bonchev–Trinajstić information content (AvgIpc) is 3.15. The second-order valence-corrected chi connectivity index (χ2v) is 7.00. The molecule has 32 heavy (non-hydrogen) atoms. The van der Waals surface area contributed by atoms with E-state index in [2.05, 4.69) is 10.1 Å². The van der Waals surface area contributed by atoms with Gasteiger partial charge in [-0.3, -0.25) is 9.36 Å². The molecule has 0 radical (unpaired) electrons. The fourth-order valence-electron chi connectivity index (χ4n) is 3.39. The number of aromatic nitrogens is 4. The highest BCUT2D eigenvalue weighted by atomic mass is 19.1. The normalized spacial score (nSPS) is 11.2. The van der Waals surface area contributed by atoms with E-state index in [1.165, 1.54) is 53.1 Å². The largest absolute Gasteiger partial charge is 0.437 e. The standard InChI is InChI=1S/C23H14F2N4O3/c24-15-7-5-14(6-8-15)21-27-28(23(31)32-21)13-20-26-19-4-2-1-3-18(19)22(30)29(20)17-11-9-16(25)10-12-17/h1-12H,13H2. The fraction of sp³-hybridized carbons (Fsp3) is 0.0435. The van der Waals surface area contributed by atoms with Crippen LogP contribution in [0.3, 0.4) is 0 Å². The van der Waals surface area contributed by atoms with Gasteiger partial charge < -0.3 is 4.42 Å². The van der Waals surface area contributed by atoms with Crippen molar-refractivity contribution in [1.29, 1.82) is 0 Å². The third-order valence-corrected chi connectivity index (χ3v) is 4.92. The first-order chi connectivity index (χ1) is 15.5. The van der Waals surface area contributed by atoms with Gasteiger partial charge in [0.2, 0.25) is 5.89 Å². The Kier molecular flexibility index (Phi) is 4.70. The van der Waals surface area contributed by atoms with Crippen LogP contribution in [0.2, 0.25) is 0 Å². The minimum atomic E-state index is -0.766. The van der Waals surface area contributed by atoms with Crippen LogP contribution in [0, 0.1) is 11.6 Å². The Labute approximate surface area is 178 Å². The molecule has 0 amide bonds. The third-order valence-electron chi connectivity index (χ3n) is 4.92. The third kappa shape index (κ3) is 3.49. The van der Waals surface area contributed by atoms with Gasteiger partial charge in [0.1, 0.15) is 24.0 Å². The maximum atomic E-state index is 13.5. The van der Waals surface area contributed by atoms with E-state index in [0.717, 1.165) is 4.68 Å². The summed E-state index contributed by atoms with van der Waals surface area (Å²) in [6, 6.07) is 17.5. The minimum absolute atomic E-state index is 0.00599. The van der Waals surface area contributed by atoms with Crippen molar-refractivity contribution in [3.8, 4) is 17.1 Å². The number of nitrogens with zero attached hydrogens (tertiary/aromatic N) is 4. The van der Waals surface area contributed by atoms with E-state index in [1.54, 1.807) is 24.3 Å². The summed E-state index contributed by atoms with van der Waals surface area (Å²) in [5.74, 6) is -1.43. The molecule has 2 aromatic heterocycles. The van der Waals surface area contributed by atoms with Gasteiger partial charge in [0, 0.05) is 5.56 Å². The van der Waals surface area contributed by atoms with Crippen LogP contribution in [-0.2, 0) is 6.54 Å². The second-order valence-electron chi connectivity index (χ2n) is 7.00. The highest BCUT2D eigenvalue weighted by Gasteiger charge is 2.17. The van der Waals surface area contributed by atoms with Crippen LogP contribution < -0.4 is 11.3 Å². The Morgan fingerprint density at radius 2 is 1.50 bits per heavy atom. The molecule has 0 aliphatic heterocycles. The number of fused-ring (bicyclic) bond motifs is 1. The van der Waals surface area contributed by atoms with Gasteiger partial charge in [0.05, 0.1) is 16.6 Å². The van der Waals surface area contributed by atoms with Gasteiger partial charge in [-0.05, 0) is 60.7 Å². The Hall–Kier alpha value is -4.40. The van der Waals surface area contributed by atoms with Gasteiger partial charge in [-0.15, -0.1) is 5.10 Å². The number of para-hydroxylation sites is 1. The summed E-state index contributed by atoms with van der Waals surface area (Å²) in [7, 11) is 0. The van der Waals surface area contributed by atoms with Crippen molar-refractivity contribution >= 4 is 10.9 Å². The molecule has 2 heterocycles. The first kappa shape index (κ1) is 19.6. The van der Waals surface area contributed by atoms with Crippen molar-refractivity contribution < 1.29 is 13.2 Å². The highest BCUT2D eigenvalue weighted by molar-refractivity contribution is 5.77. The van der Waals surface area contributed by atoms with E-state index in [1.807, 2.05) is 0 Å². The van der Waals surface area contributed by atoms with Crippen molar-refractivity contribution in [2.45, 2.75) is 6.54 Å². The summed E-state index contributed by atoms with van der Waals surface area (Å²) < 4.78 is 34.2. The Morgan fingerprint density at radius 3 is 2.22 bits per heavy atom. The molecule has 0 saturated heterocycles. The van der Waals surface area contributed by atoms with E-state index < -0.39 is 17.4 Å². The predicted molar refractivity (Wildman–Crippen MR) is 113 cm³/mol. The SMILES string of the molecule is O=c1oc(-c2ccc(F)cc2)nn1Cc1nc2ccccc2c(=O)n1-c1ccc(F)cc1. The Balaban J connectivity index is 1.65. The Morgan fingerprint density at radius 1 is 0.844 bits per heavy atom. The van der Waals surface area contributed by atoms with E-state index in [9.17, 15) is 18.4 Å². The predicted octanol–water partition coefficient (Wildman–Crippen LogP) is 3.53. The van der Waals surface area contributed by atoms with Crippen molar-refractivity contribution in [3.05, 3.63) is 111 Å². The molecule has 7 nitrogen and oxygen atoms in total. The lowest BCUT2D eigenvalue weighted by molar-refractivity contribution is 0.489. The zero-order valence-corrected chi connectivity index (χ0v) is 16.4. The smallest absolute Gasteiger partial charge is 0.388 e. The molecule has 0 fully saturated rings. The molecular weight excluding hydrogens is 418 g/mol. The molecule has 5 aromatic rings. The quantitative estimate of drug-likeness (QED) is 0.434. The van der Waals surface area contributed by atoms with Gasteiger partial charge in [0.15, 0.2) is 0 Å². The molecule has 0 N–H and O–H groups in total. The lowest BCUT2D eigenvalue weighted by atomic mass is 10.2. The summed E-state index contributed by atoms with van der Waals surface area (Å²) in [6.45, 7) is -0.180. The van der Waals surface area contributed by atoms with Gasteiger partial charge in [-0.1, -0.05) is 12.1 Å². The average molecular weight is 432 g/mol. The monoisotopic (exact) mass is 432 g/mol. The molecule has 9 heteroatoms. The molecule has 0 saturated carbocycles. The summed E-state index contributed by atoms with van der Waals surface area (Å²) in [5.41, 5.74) is 0.887. The van der Waals surface area contributed by atoms with Crippen molar-refractivity contribution in [2.75, 3.05) is 0 Å². The van der Waals surface area contributed by atoms with Crippen molar-refractivity contribution in [1.82, 2.24) is 19.3 Å². The number of rotatable bonds is 4. The molecule has 5 rings (SSSR count). The zero-order chi connectivity index (χ0) is 22.2. The summed E-state index contributed by atoms with van der Waals surface area (Å²) >= 11 is 0. The van der Waals surface area contributed by atoms with Crippen LogP contribution in [0.15, 0.2) is 86.8 Å². The van der Waals surface area contributed by atoms with Crippen molar-refractivity contribution in [3.63, 3.8) is 0 Å². The van der Waals surface area contributed by atoms with Gasteiger partial charge in [-0.25, -0.2) is 18.6 Å². The van der Waals surface area contributed by atoms with Crippen LogP contribution in [-0.4, -0.2) is 19.3 Å². The molecule has 0 bridgehead atoms. The number of halogens is 2. The molecule has 3 aromatic carbocycles. The van der Waals surface area contributed by atoms with E-state index in [4.69, 9.17) is 4.42 Å². The number of hydrogen-bond acceptors (Lipinski definition) is 5. The number of benzene rings is 3. The van der Waals surface area contributed by atoms with Crippen LogP contribution in [0.1, 0.15) is 5.82 Å². The Bertz CT molecular complexity index is 1550. The van der Waals surface area contributed by atoms with Crippen LogP contribution in [0.4, 0.5) is 8.78 Å². The first-order valence-corrected chi connectivity index (χ1v) is 9.60. The van der Waals surface area contributed by atoms with Gasteiger partial charge in [-0.2, -0.15) is 4.68 Å². The molecule has 0 unspecified atom stereocenters. The van der Waals surface area contributed by atoms with Crippen LogP contribution >= 0.6 is 0 Å². The van der Waals surface area contributed by atoms with E-state index in [0.29, 0.717) is 22.2 Å². The van der Waals surface area contributed by atoms with Crippen LogP contribution in [0.25, 0.3) is 28.0 Å².